The fourth-order valence-corrected chi connectivity index (χ4v) is 3.18. The SMILES string of the molecule is Cc1cccc2[nH]c(CCC(=O)Nc3cccc(N4CCOC4=O)c3)nc12. The van der Waals surface area contributed by atoms with E-state index >= 15 is 0 Å². The van der Waals surface area contributed by atoms with E-state index in [4.69, 9.17) is 4.74 Å². The highest BCUT2D eigenvalue weighted by atomic mass is 16.6. The van der Waals surface area contributed by atoms with Crippen molar-refractivity contribution in [3.63, 3.8) is 0 Å². The number of aromatic amines is 1. The van der Waals surface area contributed by atoms with E-state index in [1.54, 1.807) is 23.1 Å². The fourth-order valence-electron chi connectivity index (χ4n) is 3.18. The van der Waals surface area contributed by atoms with Crippen molar-refractivity contribution in [2.75, 3.05) is 23.4 Å². The first-order valence-electron chi connectivity index (χ1n) is 8.88. The highest BCUT2D eigenvalue weighted by Crippen LogP contribution is 2.22. The van der Waals surface area contributed by atoms with Gasteiger partial charge in [0.2, 0.25) is 5.91 Å². The second kappa shape index (κ2) is 7.11. The van der Waals surface area contributed by atoms with Crippen LogP contribution in [0.3, 0.4) is 0 Å². The lowest BCUT2D eigenvalue weighted by Gasteiger charge is -2.14. The Morgan fingerprint density at radius 3 is 2.93 bits per heavy atom. The molecule has 0 radical (unpaired) electrons. The second-order valence-electron chi connectivity index (χ2n) is 6.52. The third-order valence-electron chi connectivity index (χ3n) is 4.55. The first-order valence-corrected chi connectivity index (χ1v) is 8.88. The maximum atomic E-state index is 12.3. The number of ether oxygens (including phenoxy) is 1. The third kappa shape index (κ3) is 3.62. The van der Waals surface area contributed by atoms with Crippen LogP contribution in [0.25, 0.3) is 11.0 Å². The van der Waals surface area contributed by atoms with Crippen LogP contribution in [0.15, 0.2) is 42.5 Å². The van der Waals surface area contributed by atoms with Crippen LogP contribution in [0.2, 0.25) is 0 Å². The van der Waals surface area contributed by atoms with E-state index in [-0.39, 0.29) is 12.0 Å². The summed E-state index contributed by atoms with van der Waals surface area (Å²) in [5.74, 6) is 0.691. The van der Waals surface area contributed by atoms with Gasteiger partial charge >= 0.3 is 6.09 Å². The lowest BCUT2D eigenvalue weighted by Crippen LogP contribution is -2.23. The Hall–Kier alpha value is -3.35. The number of nitrogens with one attached hydrogen (secondary N) is 2. The second-order valence-corrected chi connectivity index (χ2v) is 6.52. The van der Waals surface area contributed by atoms with Crippen molar-refractivity contribution >= 4 is 34.4 Å². The molecule has 1 aromatic heterocycles. The third-order valence-corrected chi connectivity index (χ3v) is 4.55. The molecule has 2 aromatic carbocycles. The zero-order chi connectivity index (χ0) is 18.8. The number of fused-ring (bicyclic) bond motifs is 1. The number of aromatic nitrogens is 2. The number of anilines is 2. The molecule has 0 unspecified atom stereocenters. The summed E-state index contributed by atoms with van der Waals surface area (Å²) in [7, 11) is 0. The Morgan fingerprint density at radius 2 is 2.15 bits per heavy atom. The van der Waals surface area contributed by atoms with E-state index in [1.807, 2.05) is 31.2 Å². The van der Waals surface area contributed by atoms with Gasteiger partial charge < -0.3 is 15.0 Å². The number of cyclic esters (lactones) is 1. The summed E-state index contributed by atoms with van der Waals surface area (Å²) in [5.41, 5.74) is 4.39. The summed E-state index contributed by atoms with van der Waals surface area (Å²) in [6.07, 6.45) is 0.478. The summed E-state index contributed by atoms with van der Waals surface area (Å²) in [5, 5.41) is 2.88. The number of para-hydroxylation sites is 1. The van der Waals surface area contributed by atoms with E-state index < -0.39 is 0 Å². The van der Waals surface area contributed by atoms with Crippen LogP contribution in [-0.2, 0) is 16.0 Å². The lowest BCUT2D eigenvalue weighted by atomic mass is 10.2. The van der Waals surface area contributed by atoms with Crippen LogP contribution < -0.4 is 10.2 Å². The number of aryl methyl sites for hydroxylation is 2. The van der Waals surface area contributed by atoms with Gasteiger partial charge in [-0.2, -0.15) is 0 Å². The number of carbonyl (C=O) groups is 2. The van der Waals surface area contributed by atoms with Crippen molar-refractivity contribution in [1.82, 2.24) is 9.97 Å². The maximum Gasteiger partial charge on any atom is 0.414 e. The van der Waals surface area contributed by atoms with Gasteiger partial charge in [0.15, 0.2) is 0 Å². The maximum absolute atomic E-state index is 12.3. The smallest absolute Gasteiger partial charge is 0.414 e. The molecule has 0 aliphatic carbocycles. The van der Waals surface area contributed by atoms with Crippen LogP contribution in [0.5, 0.6) is 0 Å². The van der Waals surface area contributed by atoms with E-state index in [1.165, 1.54) is 0 Å². The molecule has 3 aromatic rings. The van der Waals surface area contributed by atoms with E-state index in [2.05, 4.69) is 15.3 Å². The molecule has 1 aliphatic rings. The molecule has 27 heavy (non-hydrogen) atoms. The van der Waals surface area contributed by atoms with Gasteiger partial charge in [0.1, 0.15) is 12.4 Å². The van der Waals surface area contributed by atoms with Crippen molar-refractivity contribution in [3.8, 4) is 0 Å². The van der Waals surface area contributed by atoms with E-state index in [9.17, 15) is 9.59 Å². The number of hydrogen-bond donors (Lipinski definition) is 2. The molecule has 7 heteroatoms. The zero-order valence-electron chi connectivity index (χ0n) is 15.0. The largest absolute Gasteiger partial charge is 0.447 e. The Kier molecular flexibility index (Phi) is 4.50. The first-order chi connectivity index (χ1) is 13.1. The number of carbonyl (C=O) groups excluding carboxylic acids is 2. The summed E-state index contributed by atoms with van der Waals surface area (Å²) in [4.78, 5) is 33.4. The van der Waals surface area contributed by atoms with Crippen molar-refractivity contribution in [1.29, 1.82) is 0 Å². The number of benzene rings is 2. The molecule has 2 heterocycles. The molecule has 7 nitrogen and oxygen atoms in total. The summed E-state index contributed by atoms with van der Waals surface area (Å²) in [6, 6.07) is 13.2. The summed E-state index contributed by atoms with van der Waals surface area (Å²) < 4.78 is 4.95. The highest BCUT2D eigenvalue weighted by Gasteiger charge is 2.23. The van der Waals surface area contributed by atoms with Crippen LogP contribution in [0, 0.1) is 6.92 Å². The van der Waals surface area contributed by atoms with Crippen molar-refractivity contribution < 1.29 is 14.3 Å². The minimum Gasteiger partial charge on any atom is -0.447 e. The standard InChI is InChI=1S/C20H20N4O3/c1-13-4-2-7-16-19(13)23-17(22-16)8-9-18(25)21-14-5-3-6-15(12-14)24-10-11-27-20(24)26/h2-7,12H,8-11H2,1H3,(H,21,25)(H,22,23). The van der Waals surface area contributed by atoms with Gasteiger partial charge in [-0.25, -0.2) is 9.78 Å². The van der Waals surface area contributed by atoms with Gasteiger partial charge in [-0.05, 0) is 36.8 Å². The number of hydrogen-bond acceptors (Lipinski definition) is 4. The normalized spacial score (nSPS) is 13.8. The van der Waals surface area contributed by atoms with Crippen molar-refractivity contribution in [2.45, 2.75) is 19.8 Å². The molecule has 0 saturated carbocycles. The van der Waals surface area contributed by atoms with Gasteiger partial charge in [-0.15, -0.1) is 0 Å². The van der Waals surface area contributed by atoms with Crippen LogP contribution >= 0.6 is 0 Å². The minimum atomic E-state index is -0.362. The highest BCUT2D eigenvalue weighted by molar-refractivity contribution is 5.93. The lowest BCUT2D eigenvalue weighted by molar-refractivity contribution is -0.116. The number of imidazole rings is 1. The average Bonchev–Trinajstić information content (AvgIpc) is 3.27. The average molecular weight is 364 g/mol. The molecule has 0 spiro atoms. The molecule has 2 N–H and O–H groups in total. The first kappa shape index (κ1) is 17.1. The quantitative estimate of drug-likeness (QED) is 0.726. The Morgan fingerprint density at radius 1 is 1.30 bits per heavy atom. The Bertz CT molecular complexity index is 1010. The predicted octanol–water partition coefficient (Wildman–Crippen LogP) is 3.40. The van der Waals surface area contributed by atoms with Gasteiger partial charge in [-0.1, -0.05) is 18.2 Å². The Labute approximate surface area is 156 Å². The number of H-pyrrole nitrogens is 1. The van der Waals surface area contributed by atoms with Crippen LogP contribution in [-0.4, -0.2) is 35.1 Å². The van der Waals surface area contributed by atoms with Crippen LogP contribution in [0.4, 0.5) is 16.2 Å². The number of nitrogens with zero attached hydrogens (tertiary/aromatic N) is 2. The van der Waals surface area contributed by atoms with Gasteiger partial charge in [0.05, 0.1) is 17.6 Å². The predicted molar refractivity (Wildman–Crippen MR) is 103 cm³/mol. The topological polar surface area (TPSA) is 87.3 Å². The molecule has 1 aliphatic heterocycles. The molecule has 138 valence electrons. The van der Waals surface area contributed by atoms with Crippen LogP contribution in [0.1, 0.15) is 17.8 Å². The molecule has 0 atom stereocenters. The Balaban J connectivity index is 1.39. The molecule has 4 rings (SSSR count). The van der Waals surface area contributed by atoms with Gasteiger partial charge in [-0.3, -0.25) is 9.69 Å². The number of rotatable bonds is 5. The van der Waals surface area contributed by atoms with Gasteiger partial charge in [0.25, 0.3) is 0 Å². The zero-order valence-corrected chi connectivity index (χ0v) is 15.0. The summed E-state index contributed by atoms with van der Waals surface area (Å²) in [6.45, 7) is 2.91. The summed E-state index contributed by atoms with van der Waals surface area (Å²) >= 11 is 0. The number of amides is 2. The van der Waals surface area contributed by atoms with E-state index in [0.717, 1.165) is 22.4 Å². The monoisotopic (exact) mass is 364 g/mol. The molecule has 0 bridgehead atoms. The molecule has 1 fully saturated rings. The van der Waals surface area contributed by atoms with Crippen molar-refractivity contribution in [3.05, 3.63) is 53.9 Å². The molecule has 1 saturated heterocycles. The molecular formula is C20H20N4O3. The van der Waals surface area contributed by atoms with Gasteiger partial charge in [0, 0.05) is 24.2 Å². The minimum absolute atomic E-state index is 0.103. The van der Waals surface area contributed by atoms with Crippen molar-refractivity contribution in [2.24, 2.45) is 0 Å². The fraction of sp³-hybridized carbons (Fsp3) is 0.250. The van der Waals surface area contributed by atoms with E-state index in [0.29, 0.717) is 37.4 Å². The molecular weight excluding hydrogens is 344 g/mol. The molecule has 2 amide bonds.